The second-order valence-electron chi connectivity index (χ2n) is 8.71. The molecule has 0 saturated heterocycles. The predicted molar refractivity (Wildman–Crippen MR) is 145 cm³/mol. The second-order valence-corrected chi connectivity index (χ2v) is 8.71. The van der Waals surface area contributed by atoms with Crippen LogP contribution in [0.2, 0.25) is 0 Å². The highest BCUT2D eigenvalue weighted by Crippen LogP contribution is 2.27. The van der Waals surface area contributed by atoms with Crippen LogP contribution in [0.15, 0.2) is 97.1 Å². The molecule has 4 aromatic carbocycles. The van der Waals surface area contributed by atoms with Crippen molar-refractivity contribution in [3.63, 3.8) is 0 Å². The highest BCUT2D eigenvalue weighted by molar-refractivity contribution is 6.04. The van der Waals surface area contributed by atoms with Gasteiger partial charge in [0.1, 0.15) is 0 Å². The first-order valence-electron chi connectivity index (χ1n) is 11.5. The Balaban J connectivity index is 1.94. The summed E-state index contributed by atoms with van der Waals surface area (Å²) < 4.78 is 0. The molecular weight excluding hydrogens is 408 g/mol. The number of benzene rings is 4. The Hall–Kier alpha value is -4.26. The maximum absolute atomic E-state index is 3.48. The molecule has 34 heavy (non-hydrogen) atoms. The summed E-state index contributed by atoms with van der Waals surface area (Å²) >= 11 is 0. The summed E-state index contributed by atoms with van der Waals surface area (Å²) in [5, 5.41) is 0. The van der Waals surface area contributed by atoms with Crippen LogP contribution in [-0.4, -0.2) is 0 Å². The van der Waals surface area contributed by atoms with Crippen molar-refractivity contribution in [2.75, 3.05) is 0 Å². The van der Waals surface area contributed by atoms with Gasteiger partial charge in [-0.25, -0.2) is 0 Å². The van der Waals surface area contributed by atoms with Gasteiger partial charge in [0.2, 0.25) is 0 Å². The van der Waals surface area contributed by atoms with Crippen LogP contribution in [-0.2, 0) is 0 Å². The van der Waals surface area contributed by atoms with E-state index in [1.807, 2.05) is 0 Å². The van der Waals surface area contributed by atoms with Gasteiger partial charge in [0.25, 0.3) is 0 Å². The first kappa shape index (κ1) is 22.9. The van der Waals surface area contributed by atoms with Gasteiger partial charge < -0.3 is 0 Å². The lowest BCUT2D eigenvalue weighted by molar-refractivity contribution is 1.45. The van der Waals surface area contributed by atoms with Gasteiger partial charge >= 0.3 is 0 Å². The molecular formula is C34H28. The molecule has 4 rings (SSSR count). The SMILES string of the molecule is Cc1ccc(C#C/C(=C(\C#Cc2ccc(C)cc2)c2ccc(C)cc2)c2ccc(C)cc2)cc1. The number of hydrogen-bond acceptors (Lipinski definition) is 0. The summed E-state index contributed by atoms with van der Waals surface area (Å²) in [6.07, 6.45) is 0. The molecule has 0 heterocycles. The summed E-state index contributed by atoms with van der Waals surface area (Å²) in [6.45, 7) is 8.38. The number of aryl methyl sites for hydroxylation is 4. The van der Waals surface area contributed by atoms with E-state index in [0.29, 0.717) is 0 Å². The Kier molecular flexibility index (Phi) is 7.13. The number of hydrogen-bond donors (Lipinski definition) is 0. The van der Waals surface area contributed by atoms with E-state index < -0.39 is 0 Å². The first-order chi connectivity index (χ1) is 16.5. The highest BCUT2D eigenvalue weighted by atomic mass is 14.1. The third-order valence-electron chi connectivity index (χ3n) is 5.70. The lowest BCUT2D eigenvalue weighted by Crippen LogP contribution is -1.91. The van der Waals surface area contributed by atoms with E-state index in [0.717, 1.165) is 33.4 Å². The van der Waals surface area contributed by atoms with Gasteiger partial charge in [0.05, 0.1) is 0 Å². The van der Waals surface area contributed by atoms with E-state index in [1.54, 1.807) is 0 Å². The van der Waals surface area contributed by atoms with Gasteiger partial charge in [0.15, 0.2) is 0 Å². The zero-order valence-corrected chi connectivity index (χ0v) is 20.2. The van der Waals surface area contributed by atoms with Crippen LogP contribution in [0.5, 0.6) is 0 Å². The Morgan fingerprint density at radius 2 is 0.647 bits per heavy atom. The fraction of sp³-hybridized carbons (Fsp3) is 0.118. The minimum atomic E-state index is 0.934. The summed E-state index contributed by atoms with van der Waals surface area (Å²) in [4.78, 5) is 0. The molecule has 0 aliphatic heterocycles. The normalized spacial score (nSPS) is 10.9. The lowest BCUT2D eigenvalue weighted by Gasteiger charge is -2.09. The third kappa shape index (κ3) is 5.95. The van der Waals surface area contributed by atoms with Crippen molar-refractivity contribution in [1.82, 2.24) is 0 Å². The van der Waals surface area contributed by atoms with Crippen molar-refractivity contribution in [2.24, 2.45) is 0 Å². The Morgan fingerprint density at radius 1 is 0.382 bits per heavy atom. The molecule has 0 saturated carbocycles. The molecule has 0 unspecified atom stereocenters. The molecule has 4 aromatic rings. The van der Waals surface area contributed by atoms with E-state index in [2.05, 4.69) is 148 Å². The molecule has 0 aliphatic rings. The predicted octanol–water partition coefficient (Wildman–Crippen LogP) is 7.93. The average molecular weight is 437 g/mol. The number of rotatable bonds is 2. The first-order valence-corrected chi connectivity index (χ1v) is 11.5. The minimum Gasteiger partial charge on any atom is -0.0616 e. The van der Waals surface area contributed by atoms with E-state index in [1.165, 1.54) is 22.3 Å². The largest absolute Gasteiger partial charge is 0.0616 e. The van der Waals surface area contributed by atoms with Gasteiger partial charge in [0, 0.05) is 22.3 Å². The Labute approximate surface area is 204 Å². The summed E-state index contributed by atoms with van der Waals surface area (Å²) in [6, 6.07) is 33.7. The molecule has 0 nitrogen and oxygen atoms in total. The second kappa shape index (κ2) is 10.6. The lowest BCUT2D eigenvalue weighted by atomic mass is 9.93. The number of allylic oxidation sites excluding steroid dienone is 2. The van der Waals surface area contributed by atoms with E-state index >= 15 is 0 Å². The van der Waals surface area contributed by atoms with Gasteiger partial charge in [-0.05, 0) is 63.1 Å². The monoisotopic (exact) mass is 436 g/mol. The summed E-state index contributed by atoms with van der Waals surface area (Å²) in [7, 11) is 0. The van der Waals surface area contributed by atoms with Gasteiger partial charge in [-0.3, -0.25) is 0 Å². The van der Waals surface area contributed by atoms with Crippen molar-refractivity contribution in [1.29, 1.82) is 0 Å². The Morgan fingerprint density at radius 3 is 0.941 bits per heavy atom. The van der Waals surface area contributed by atoms with Crippen LogP contribution in [0.25, 0.3) is 11.1 Å². The molecule has 0 aromatic heterocycles. The molecule has 0 atom stereocenters. The third-order valence-corrected chi connectivity index (χ3v) is 5.70. The molecule has 0 fully saturated rings. The van der Waals surface area contributed by atoms with Crippen molar-refractivity contribution in [2.45, 2.75) is 27.7 Å². The van der Waals surface area contributed by atoms with Crippen molar-refractivity contribution in [3.8, 4) is 23.7 Å². The van der Waals surface area contributed by atoms with Crippen LogP contribution in [0.3, 0.4) is 0 Å². The molecule has 0 N–H and O–H groups in total. The highest BCUT2D eigenvalue weighted by Gasteiger charge is 2.09. The molecule has 164 valence electrons. The summed E-state index contributed by atoms with van der Waals surface area (Å²) in [5.41, 5.74) is 10.9. The molecule has 0 spiro atoms. The quantitative estimate of drug-likeness (QED) is 0.221. The topological polar surface area (TPSA) is 0 Å². The smallest absolute Gasteiger partial charge is 0.0484 e. The fourth-order valence-electron chi connectivity index (χ4n) is 3.54. The standard InChI is InChI=1S/C34H28/c1-25-5-13-29(14-6-25)17-23-33(31-19-9-27(3)10-20-31)34(32-21-11-28(4)12-22-32)24-18-30-15-7-26(2)8-16-30/h5-16,19-22H,1-4H3/b34-33-. The van der Waals surface area contributed by atoms with E-state index in [4.69, 9.17) is 0 Å². The maximum Gasteiger partial charge on any atom is 0.0484 e. The molecule has 0 amide bonds. The van der Waals surface area contributed by atoms with Crippen LogP contribution >= 0.6 is 0 Å². The molecule has 0 aliphatic carbocycles. The van der Waals surface area contributed by atoms with Crippen molar-refractivity contribution >= 4 is 11.1 Å². The average Bonchev–Trinajstić information content (AvgIpc) is 2.85. The Bertz CT molecular complexity index is 1310. The van der Waals surface area contributed by atoms with Crippen LogP contribution in [0.1, 0.15) is 44.5 Å². The van der Waals surface area contributed by atoms with Gasteiger partial charge in [-0.15, -0.1) is 0 Å². The molecule has 0 bridgehead atoms. The molecule has 0 radical (unpaired) electrons. The fourth-order valence-corrected chi connectivity index (χ4v) is 3.54. The maximum atomic E-state index is 3.48. The van der Waals surface area contributed by atoms with Gasteiger partial charge in [-0.2, -0.15) is 0 Å². The van der Waals surface area contributed by atoms with Gasteiger partial charge in [-0.1, -0.05) is 119 Å². The van der Waals surface area contributed by atoms with Crippen LogP contribution in [0.4, 0.5) is 0 Å². The van der Waals surface area contributed by atoms with E-state index in [-0.39, 0.29) is 0 Å². The zero-order valence-electron chi connectivity index (χ0n) is 20.2. The van der Waals surface area contributed by atoms with Crippen LogP contribution < -0.4 is 0 Å². The van der Waals surface area contributed by atoms with Crippen LogP contribution in [0, 0.1) is 51.4 Å². The zero-order chi connectivity index (χ0) is 23.9. The summed E-state index contributed by atoms with van der Waals surface area (Å²) in [5.74, 6) is 13.7. The van der Waals surface area contributed by atoms with Crippen molar-refractivity contribution in [3.05, 3.63) is 142 Å². The van der Waals surface area contributed by atoms with E-state index in [9.17, 15) is 0 Å². The minimum absolute atomic E-state index is 0.934. The van der Waals surface area contributed by atoms with Crippen molar-refractivity contribution < 1.29 is 0 Å². The molecule has 0 heteroatoms.